The lowest BCUT2D eigenvalue weighted by Crippen LogP contribution is -2.31. The highest BCUT2D eigenvalue weighted by molar-refractivity contribution is 7.99. The molecular formula is C21H23NOS. The van der Waals surface area contributed by atoms with Crippen LogP contribution in [0.2, 0.25) is 0 Å². The van der Waals surface area contributed by atoms with Gasteiger partial charge in [-0.1, -0.05) is 54.6 Å². The summed E-state index contributed by atoms with van der Waals surface area (Å²) in [6.45, 7) is 3.82. The summed E-state index contributed by atoms with van der Waals surface area (Å²) in [5.74, 6) is 1.11. The Morgan fingerprint density at radius 2 is 1.83 bits per heavy atom. The monoisotopic (exact) mass is 337 g/mol. The van der Waals surface area contributed by atoms with Crippen LogP contribution in [-0.4, -0.2) is 29.6 Å². The molecule has 0 N–H and O–H groups in total. The van der Waals surface area contributed by atoms with Crippen molar-refractivity contribution in [3.05, 3.63) is 77.4 Å². The van der Waals surface area contributed by atoms with Crippen molar-refractivity contribution < 1.29 is 4.79 Å². The van der Waals surface area contributed by atoms with Crippen LogP contribution in [0.25, 0.3) is 6.08 Å². The Labute approximate surface area is 148 Å². The molecule has 1 aliphatic rings. The fourth-order valence-electron chi connectivity index (χ4n) is 3.02. The molecule has 0 aliphatic carbocycles. The van der Waals surface area contributed by atoms with Gasteiger partial charge in [0.05, 0.1) is 0 Å². The van der Waals surface area contributed by atoms with Crippen LogP contribution in [-0.2, 0) is 4.79 Å². The van der Waals surface area contributed by atoms with Crippen molar-refractivity contribution in [2.24, 2.45) is 0 Å². The Morgan fingerprint density at radius 1 is 1.08 bits per heavy atom. The molecule has 1 amide bonds. The van der Waals surface area contributed by atoms with Gasteiger partial charge in [-0.15, -0.1) is 0 Å². The topological polar surface area (TPSA) is 20.3 Å². The van der Waals surface area contributed by atoms with E-state index >= 15 is 0 Å². The molecular weight excluding hydrogens is 314 g/mol. The molecule has 0 bridgehead atoms. The summed E-state index contributed by atoms with van der Waals surface area (Å²) >= 11 is 1.97. The fraction of sp³-hybridized carbons (Fsp3) is 0.286. The van der Waals surface area contributed by atoms with Crippen LogP contribution in [0.3, 0.4) is 0 Å². The lowest BCUT2D eigenvalue weighted by atomic mass is 10.0. The first-order chi connectivity index (χ1) is 11.7. The number of hydrogen-bond acceptors (Lipinski definition) is 2. The molecule has 0 saturated carbocycles. The van der Waals surface area contributed by atoms with E-state index in [4.69, 9.17) is 0 Å². The smallest absolute Gasteiger partial charge is 0.246 e. The first-order valence-corrected chi connectivity index (χ1v) is 9.48. The zero-order valence-corrected chi connectivity index (χ0v) is 14.8. The van der Waals surface area contributed by atoms with E-state index in [1.54, 1.807) is 6.08 Å². The second kappa shape index (κ2) is 8.20. The summed E-state index contributed by atoms with van der Waals surface area (Å²) in [5, 5.41) is 0.488. The molecule has 2 aromatic rings. The van der Waals surface area contributed by atoms with Crippen molar-refractivity contribution in [1.29, 1.82) is 0 Å². The van der Waals surface area contributed by atoms with E-state index in [2.05, 4.69) is 31.2 Å². The van der Waals surface area contributed by atoms with Crippen LogP contribution < -0.4 is 0 Å². The minimum Gasteiger partial charge on any atom is -0.338 e. The summed E-state index contributed by atoms with van der Waals surface area (Å²) in [4.78, 5) is 14.4. The lowest BCUT2D eigenvalue weighted by molar-refractivity contribution is -0.125. The highest BCUT2D eigenvalue weighted by atomic mass is 32.2. The van der Waals surface area contributed by atoms with Gasteiger partial charge in [0.2, 0.25) is 5.91 Å². The van der Waals surface area contributed by atoms with E-state index in [1.165, 1.54) is 11.1 Å². The molecule has 1 aliphatic heterocycles. The van der Waals surface area contributed by atoms with Gasteiger partial charge in [0.15, 0.2) is 0 Å². The van der Waals surface area contributed by atoms with E-state index in [0.29, 0.717) is 5.25 Å². The first-order valence-electron chi connectivity index (χ1n) is 8.43. The van der Waals surface area contributed by atoms with Gasteiger partial charge >= 0.3 is 0 Å². The van der Waals surface area contributed by atoms with Crippen LogP contribution in [0.15, 0.2) is 60.7 Å². The number of carbonyl (C=O) groups excluding carboxylic acids is 1. The minimum atomic E-state index is 0.116. The third-order valence-electron chi connectivity index (χ3n) is 4.41. The normalized spacial score (nSPS) is 18.5. The van der Waals surface area contributed by atoms with E-state index in [1.807, 2.05) is 53.1 Å². The number of rotatable bonds is 3. The predicted molar refractivity (Wildman–Crippen MR) is 103 cm³/mol. The molecule has 124 valence electrons. The maximum atomic E-state index is 12.5. The van der Waals surface area contributed by atoms with E-state index in [-0.39, 0.29) is 5.91 Å². The lowest BCUT2D eigenvalue weighted by Gasteiger charge is -2.19. The third kappa shape index (κ3) is 4.30. The van der Waals surface area contributed by atoms with Crippen molar-refractivity contribution in [2.45, 2.75) is 18.6 Å². The van der Waals surface area contributed by atoms with Gasteiger partial charge in [-0.05, 0) is 36.1 Å². The second-order valence-corrected chi connectivity index (χ2v) is 7.38. The van der Waals surface area contributed by atoms with Crippen molar-refractivity contribution in [3.8, 4) is 0 Å². The molecule has 1 heterocycles. The Balaban J connectivity index is 1.62. The molecule has 0 aromatic heterocycles. The largest absolute Gasteiger partial charge is 0.338 e. The molecule has 2 nitrogen and oxygen atoms in total. The summed E-state index contributed by atoms with van der Waals surface area (Å²) in [5.41, 5.74) is 3.82. The van der Waals surface area contributed by atoms with Crippen LogP contribution in [0.4, 0.5) is 0 Å². The molecule has 1 fully saturated rings. The quantitative estimate of drug-likeness (QED) is 0.756. The van der Waals surface area contributed by atoms with Crippen molar-refractivity contribution in [3.63, 3.8) is 0 Å². The van der Waals surface area contributed by atoms with Crippen molar-refractivity contribution >= 4 is 23.7 Å². The number of carbonyl (C=O) groups is 1. The molecule has 3 heteroatoms. The summed E-state index contributed by atoms with van der Waals surface area (Å²) in [7, 11) is 0. The average Bonchev–Trinajstić information content (AvgIpc) is 2.87. The highest BCUT2D eigenvalue weighted by Gasteiger charge is 2.21. The van der Waals surface area contributed by atoms with E-state index < -0.39 is 0 Å². The Hall–Kier alpha value is -2.00. The average molecular weight is 337 g/mol. The van der Waals surface area contributed by atoms with Crippen molar-refractivity contribution in [1.82, 2.24) is 4.90 Å². The van der Waals surface area contributed by atoms with E-state index in [0.717, 1.165) is 30.8 Å². The summed E-state index contributed by atoms with van der Waals surface area (Å²) in [6.07, 6.45) is 4.62. The number of aryl methyl sites for hydroxylation is 1. The molecule has 1 atom stereocenters. The van der Waals surface area contributed by atoms with Crippen LogP contribution in [0.5, 0.6) is 0 Å². The zero-order chi connectivity index (χ0) is 16.8. The number of amides is 1. The first kappa shape index (κ1) is 16.8. The molecule has 1 saturated heterocycles. The maximum Gasteiger partial charge on any atom is 0.246 e. The second-order valence-electron chi connectivity index (χ2n) is 6.07. The maximum absolute atomic E-state index is 12.5. The molecule has 24 heavy (non-hydrogen) atoms. The molecule has 2 aromatic carbocycles. The SMILES string of the molecule is Cc1ccccc1[C@@H]1CCN(C(=O)/C=C/c2ccccc2)CCS1. The predicted octanol–water partition coefficient (Wildman–Crippen LogP) is 4.72. The van der Waals surface area contributed by atoms with E-state index in [9.17, 15) is 4.79 Å². The zero-order valence-electron chi connectivity index (χ0n) is 14.0. The van der Waals surface area contributed by atoms with Gasteiger partial charge in [0.25, 0.3) is 0 Å². The van der Waals surface area contributed by atoms with Gasteiger partial charge < -0.3 is 4.90 Å². The van der Waals surface area contributed by atoms with Crippen LogP contribution >= 0.6 is 11.8 Å². The van der Waals surface area contributed by atoms with Gasteiger partial charge in [-0.3, -0.25) is 4.79 Å². The van der Waals surface area contributed by atoms with Crippen LogP contribution in [0, 0.1) is 6.92 Å². The number of thioether (sulfide) groups is 1. The van der Waals surface area contributed by atoms with Gasteiger partial charge in [0.1, 0.15) is 0 Å². The molecule has 0 radical (unpaired) electrons. The Morgan fingerprint density at radius 3 is 2.62 bits per heavy atom. The number of hydrogen-bond donors (Lipinski definition) is 0. The highest BCUT2D eigenvalue weighted by Crippen LogP contribution is 2.35. The van der Waals surface area contributed by atoms with Gasteiger partial charge in [-0.25, -0.2) is 0 Å². The summed E-state index contributed by atoms with van der Waals surface area (Å²) in [6, 6.07) is 18.6. The fourth-order valence-corrected chi connectivity index (χ4v) is 4.35. The minimum absolute atomic E-state index is 0.116. The van der Waals surface area contributed by atoms with Gasteiger partial charge in [-0.2, -0.15) is 11.8 Å². The van der Waals surface area contributed by atoms with Crippen molar-refractivity contribution in [2.75, 3.05) is 18.8 Å². The standard InChI is InChI=1S/C21H23NOS/c1-17-7-5-6-10-19(17)20-13-14-22(15-16-24-20)21(23)12-11-18-8-3-2-4-9-18/h2-12,20H,13-16H2,1H3/b12-11+/t20-/m0/s1. The van der Waals surface area contributed by atoms with Crippen LogP contribution in [0.1, 0.15) is 28.4 Å². The number of benzene rings is 2. The third-order valence-corrected chi connectivity index (χ3v) is 5.72. The molecule has 0 spiro atoms. The Kier molecular flexibility index (Phi) is 5.76. The summed E-state index contributed by atoms with van der Waals surface area (Å²) < 4.78 is 0. The Bertz CT molecular complexity index is 711. The number of nitrogens with zero attached hydrogens (tertiary/aromatic N) is 1. The molecule has 3 rings (SSSR count). The molecule has 0 unspecified atom stereocenters. The van der Waals surface area contributed by atoms with Gasteiger partial charge in [0, 0.05) is 30.2 Å².